The molecule has 0 aromatic heterocycles. The van der Waals surface area contributed by atoms with Crippen LogP contribution in [0, 0.1) is 5.82 Å². The van der Waals surface area contributed by atoms with Gasteiger partial charge in [0.25, 0.3) is 0 Å². The van der Waals surface area contributed by atoms with E-state index in [2.05, 4.69) is 0 Å². The topological polar surface area (TPSA) is 29.5 Å². The Labute approximate surface area is 110 Å². The molecule has 0 saturated carbocycles. The Balaban J connectivity index is 2.40. The molecular weight excluding hydrogens is 255 g/mol. The van der Waals surface area contributed by atoms with E-state index in [1.165, 1.54) is 19.2 Å². The molecule has 1 atom stereocenters. The number of aliphatic hydroxyl groups excluding tert-OH is 1. The Bertz CT molecular complexity index is 557. The molecule has 0 heterocycles. The summed E-state index contributed by atoms with van der Waals surface area (Å²) in [6.07, 6.45) is -1.09. The van der Waals surface area contributed by atoms with Gasteiger partial charge in [-0.2, -0.15) is 0 Å². The first-order valence-electron chi connectivity index (χ1n) is 5.39. The van der Waals surface area contributed by atoms with Crippen LogP contribution >= 0.6 is 11.6 Å². The number of halogens is 2. The Kier molecular flexibility index (Phi) is 3.84. The van der Waals surface area contributed by atoms with Crippen LogP contribution in [0.2, 0.25) is 5.02 Å². The van der Waals surface area contributed by atoms with E-state index in [0.29, 0.717) is 16.3 Å². The lowest BCUT2D eigenvalue weighted by Crippen LogP contribution is -2.03. The minimum absolute atomic E-state index is 0.170. The fourth-order valence-electron chi connectivity index (χ4n) is 1.72. The number of benzene rings is 2. The summed E-state index contributed by atoms with van der Waals surface area (Å²) in [6.45, 7) is 0. The van der Waals surface area contributed by atoms with Crippen LogP contribution in [-0.4, -0.2) is 12.2 Å². The van der Waals surface area contributed by atoms with Crippen LogP contribution in [-0.2, 0) is 0 Å². The van der Waals surface area contributed by atoms with Gasteiger partial charge >= 0.3 is 0 Å². The zero-order chi connectivity index (χ0) is 13.1. The largest absolute Gasteiger partial charge is 0.497 e. The Hall–Kier alpha value is -1.58. The second-order valence-electron chi connectivity index (χ2n) is 3.81. The van der Waals surface area contributed by atoms with Crippen LogP contribution in [0.3, 0.4) is 0 Å². The molecule has 0 saturated heterocycles. The summed E-state index contributed by atoms with van der Waals surface area (Å²) in [5.41, 5.74) is 0.645. The maximum atomic E-state index is 13.8. The summed E-state index contributed by atoms with van der Waals surface area (Å²) in [7, 11) is 1.46. The average Bonchev–Trinajstić information content (AvgIpc) is 2.38. The zero-order valence-electron chi connectivity index (χ0n) is 9.73. The highest BCUT2D eigenvalue weighted by molar-refractivity contribution is 6.31. The number of methoxy groups -OCH3 is 1. The molecule has 0 aliphatic carbocycles. The first-order valence-corrected chi connectivity index (χ1v) is 5.77. The molecule has 0 fully saturated rings. The standard InChI is InChI=1S/C14H12ClFO2/c1-18-9-6-7-11(13(16)8-9)14(17)10-4-2-3-5-12(10)15/h2-8,14,17H,1H3. The van der Waals surface area contributed by atoms with Gasteiger partial charge in [-0.1, -0.05) is 29.8 Å². The lowest BCUT2D eigenvalue weighted by Gasteiger charge is -2.14. The van der Waals surface area contributed by atoms with Crippen LogP contribution in [0.5, 0.6) is 5.75 Å². The molecule has 2 nitrogen and oxygen atoms in total. The van der Waals surface area contributed by atoms with Crippen molar-refractivity contribution in [2.45, 2.75) is 6.10 Å². The maximum Gasteiger partial charge on any atom is 0.133 e. The van der Waals surface area contributed by atoms with Gasteiger partial charge in [0, 0.05) is 22.2 Å². The molecule has 2 aromatic carbocycles. The molecule has 1 N–H and O–H groups in total. The van der Waals surface area contributed by atoms with E-state index in [4.69, 9.17) is 16.3 Å². The van der Waals surface area contributed by atoms with Crippen molar-refractivity contribution in [2.24, 2.45) is 0 Å². The predicted molar refractivity (Wildman–Crippen MR) is 68.5 cm³/mol. The van der Waals surface area contributed by atoms with Crippen molar-refractivity contribution in [3.05, 3.63) is 64.4 Å². The Morgan fingerprint density at radius 1 is 1.17 bits per heavy atom. The third-order valence-electron chi connectivity index (χ3n) is 2.70. The summed E-state index contributed by atoms with van der Waals surface area (Å²) in [5.74, 6) is -0.121. The number of ether oxygens (including phenoxy) is 1. The van der Waals surface area contributed by atoms with Crippen molar-refractivity contribution in [2.75, 3.05) is 7.11 Å². The molecule has 0 amide bonds. The second-order valence-corrected chi connectivity index (χ2v) is 4.22. The van der Waals surface area contributed by atoms with Crippen molar-refractivity contribution in [3.8, 4) is 5.75 Å². The van der Waals surface area contributed by atoms with Gasteiger partial charge in [0.2, 0.25) is 0 Å². The van der Waals surface area contributed by atoms with Crippen LogP contribution < -0.4 is 4.74 Å². The molecule has 0 aliphatic heterocycles. The maximum absolute atomic E-state index is 13.8. The van der Waals surface area contributed by atoms with Crippen LogP contribution in [0.1, 0.15) is 17.2 Å². The summed E-state index contributed by atoms with van der Waals surface area (Å²) >= 11 is 5.97. The van der Waals surface area contributed by atoms with Crippen LogP contribution in [0.15, 0.2) is 42.5 Å². The highest BCUT2D eigenvalue weighted by atomic mass is 35.5. The van der Waals surface area contributed by atoms with Gasteiger partial charge in [-0.15, -0.1) is 0 Å². The van der Waals surface area contributed by atoms with Gasteiger partial charge in [0.1, 0.15) is 17.7 Å². The third-order valence-corrected chi connectivity index (χ3v) is 3.05. The first kappa shape index (κ1) is 12.9. The smallest absolute Gasteiger partial charge is 0.133 e. The number of rotatable bonds is 3. The quantitative estimate of drug-likeness (QED) is 0.920. The minimum atomic E-state index is -1.09. The molecule has 2 aromatic rings. The summed E-state index contributed by atoms with van der Waals surface area (Å²) < 4.78 is 18.7. The first-order chi connectivity index (χ1) is 8.63. The van der Waals surface area contributed by atoms with Gasteiger partial charge in [-0.3, -0.25) is 0 Å². The van der Waals surface area contributed by atoms with Gasteiger partial charge in [-0.25, -0.2) is 4.39 Å². The molecule has 0 aliphatic rings. The van der Waals surface area contributed by atoms with E-state index in [9.17, 15) is 9.50 Å². The van der Waals surface area contributed by atoms with Gasteiger partial charge in [-0.05, 0) is 18.2 Å². The number of hydrogen-bond donors (Lipinski definition) is 1. The highest BCUT2D eigenvalue weighted by Gasteiger charge is 2.17. The van der Waals surface area contributed by atoms with E-state index >= 15 is 0 Å². The average molecular weight is 267 g/mol. The van der Waals surface area contributed by atoms with E-state index in [1.54, 1.807) is 30.3 Å². The lowest BCUT2D eigenvalue weighted by molar-refractivity contribution is 0.215. The van der Waals surface area contributed by atoms with Crippen molar-refractivity contribution in [3.63, 3.8) is 0 Å². The molecular formula is C14H12ClFO2. The third kappa shape index (κ3) is 2.47. The molecule has 0 bridgehead atoms. The monoisotopic (exact) mass is 266 g/mol. The lowest BCUT2D eigenvalue weighted by atomic mass is 10.0. The van der Waals surface area contributed by atoms with E-state index in [0.717, 1.165) is 0 Å². The summed E-state index contributed by atoms with van der Waals surface area (Å²) in [4.78, 5) is 0. The van der Waals surface area contributed by atoms with E-state index in [1.807, 2.05) is 0 Å². The molecule has 0 spiro atoms. The molecule has 94 valence electrons. The summed E-state index contributed by atoms with van der Waals surface area (Å²) in [5, 5.41) is 10.6. The zero-order valence-corrected chi connectivity index (χ0v) is 10.5. The minimum Gasteiger partial charge on any atom is -0.497 e. The molecule has 4 heteroatoms. The van der Waals surface area contributed by atoms with Crippen LogP contribution in [0.25, 0.3) is 0 Å². The SMILES string of the molecule is COc1ccc(C(O)c2ccccc2Cl)c(F)c1. The molecule has 18 heavy (non-hydrogen) atoms. The summed E-state index contributed by atoms with van der Waals surface area (Å²) in [6, 6.07) is 11.1. The van der Waals surface area contributed by atoms with Gasteiger partial charge in [0.15, 0.2) is 0 Å². The molecule has 2 rings (SSSR count). The van der Waals surface area contributed by atoms with Crippen molar-refractivity contribution in [1.29, 1.82) is 0 Å². The predicted octanol–water partition coefficient (Wildman–Crippen LogP) is 3.57. The number of aliphatic hydroxyl groups is 1. The number of hydrogen-bond acceptors (Lipinski definition) is 2. The van der Waals surface area contributed by atoms with Crippen molar-refractivity contribution < 1.29 is 14.2 Å². The Morgan fingerprint density at radius 2 is 1.89 bits per heavy atom. The van der Waals surface area contributed by atoms with Crippen molar-refractivity contribution in [1.82, 2.24) is 0 Å². The van der Waals surface area contributed by atoms with Crippen molar-refractivity contribution >= 4 is 11.6 Å². The molecule has 1 unspecified atom stereocenters. The van der Waals surface area contributed by atoms with E-state index < -0.39 is 11.9 Å². The van der Waals surface area contributed by atoms with Gasteiger partial charge in [0.05, 0.1) is 7.11 Å². The van der Waals surface area contributed by atoms with Gasteiger partial charge < -0.3 is 9.84 Å². The fourth-order valence-corrected chi connectivity index (χ4v) is 1.96. The Morgan fingerprint density at radius 3 is 2.50 bits per heavy atom. The van der Waals surface area contributed by atoms with Crippen LogP contribution in [0.4, 0.5) is 4.39 Å². The highest BCUT2D eigenvalue weighted by Crippen LogP contribution is 2.30. The fraction of sp³-hybridized carbons (Fsp3) is 0.143. The second kappa shape index (κ2) is 5.38. The molecule has 0 radical (unpaired) electrons. The normalized spacial score (nSPS) is 12.2. The van der Waals surface area contributed by atoms with E-state index in [-0.39, 0.29) is 5.56 Å².